The second-order valence-corrected chi connectivity index (χ2v) is 7.65. The summed E-state index contributed by atoms with van der Waals surface area (Å²) in [6, 6.07) is 7.78. The molecule has 1 aliphatic rings. The molecule has 0 spiro atoms. The van der Waals surface area contributed by atoms with Gasteiger partial charge in [0.15, 0.2) is 5.69 Å². The number of aromatic nitrogens is 1. The van der Waals surface area contributed by atoms with Crippen molar-refractivity contribution in [2.24, 2.45) is 0 Å². The van der Waals surface area contributed by atoms with E-state index in [0.717, 1.165) is 31.6 Å². The molecule has 2 heterocycles. The summed E-state index contributed by atoms with van der Waals surface area (Å²) < 4.78 is 10.5. The van der Waals surface area contributed by atoms with Gasteiger partial charge in [0.2, 0.25) is 0 Å². The molecule has 1 fully saturated rings. The summed E-state index contributed by atoms with van der Waals surface area (Å²) in [5, 5.41) is 24.7. The molecule has 11 heteroatoms. The van der Waals surface area contributed by atoms with E-state index in [-0.39, 0.29) is 36.4 Å². The number of aliphatic hydroxyl groups excluding tert-OH is 1. The number of anilines is 2. The third-order valence-corrected chi connectivity index (χ3v) is 5.32. The topological polar surface area (TPSA) is 153 Å². The van der Waals surface area contributed by atoms with E-state index in [1.165, 1.54) is 24.4 Å². The Hall–Kier alpha value is -3.44. The largest absolute Gasteiger partial charge is 0.488 e. The van der Waals surface area contributed by atoms with Crippen LogP contribution in [0, 0.1) is 10.1 Å². The van der Waals surface area contributed by atoms with Gasteiger partial charge in [-0.15, -0.1) is 0 Å². The molecule has 178 valence electrons. The van der Waals surface area contributed by atoms with Crippen LogP contribution < -0.4 is 20.7 Å². The molecule has 11 nitrogen and oxygen atoms in total. The minimum absolute atomic E-state index is 0.0442. The zero-order chi connectivity index (χ0) is 23.8. The van der Waals surface area contributed by atoms with Crippen LogP contribution in [0.3, 0.4) is 0 Å². The lowest BCUT2D eigenvalue weighted by Crippen LogP contribution is -2.51. The van der Waals surface area contributed by atoms with Crippen LogP contribution in [0.1, 0.15) is 36.5 Å². The lowest BCUT2D eigenvalue weighted by Gasteiger charge is -2.37. The number of carbonyl (C=O) groups is 1. The monoisotopic (exact) mass is 459 g/mol. The Balaban J connectivity index is 1.55. The molecule has 0 bridgehead atoms. The minimum atomic E-state index is -0.855. The molecular weight excluding hydrogens is 430 g/mol. The molecule has 3 rings (SSSR count). The Morgan fingerprint density at radius 1 is 1.39 bits per heavy atom. The number of hydrogen-bond acceptors (Lipinski definition) is 10. The summed E-state index contributed by atoms with van der Waals surface area (Å²) in [7, 11) is 0. The van der Waals surface area contributed by atoms with Crippen molar-refractivity contribution in [3.63, 3.8) is 0 Å². The van der Waals surface area contributed by atoms with Gasteiger partial charge in [0.05, 0.1) is 23.3 Å². The van der Waals surface area contributed by atoms with Crippen molar-refractivity contribution < 1.29 is 24.3 Å². The maximum Gasteiger partial charge on any atom is 0.339 e. The first-order valence-electron chi connectivity index (χ1n) is 10.9. The zero-order valence-electron chi connectivity index (χ0n) is 18.5. The number of nitro benzene ring substituents is 1. The number of ether oxygens (including phenoxy) is 2. The number of piperidine rings is 1. The number of para-hydroxylation sites is 1. The van der Waals surface area contributed by atoms with Crippen molar-refractivity contribution in [2.45, 2.75) is 38.5 Å². The number of rotatable bonds is 10. The predicted octanol–water partition coefficient (Wildman–Crippen LogP) is 2.09. The van der Waals surface area contributed by atoms with Crippen LogP contribution in [0.4, 0.5) is 17.2 Å². The van der Waals surface area contributed by atoms with E-state index in [2.05, 4.69) is 15.2 Å². The van der Waals surface area contributed by atoms with E-state index in [4.69, 9.17) is 15.2 Å². The number of aliphatic hydroxyl groups is 1. The summed E-state index contributed by atoms with van der Waals surface area (Å²) in [4.78, 5) is 28.8. The molecule has 0 aliphatic carbocycles. The maximum atomic E-state index is 11.8. The van der Waals surface area contributed by atoms with Gasteiger partial charge in [0, 0.05) is 25.4 Å². The molecule has 0 radical (unpaired) electrons. The first-order chi connectivity index (χ1) is 15.9. The summed E-state index contributed by atoms with van der Waals surface area (Å²) >= 11 is 0. The Labute approximate surface area is 191 Å². The Kier molecular flexibility index (Phi) is 8.39. The number of nitrogen functional groups attached to an aromatic ring is 1. The number of nitrogens with zero attached hydrogens (tertiary/aromatic N) is 3. The fourth-order valence-electron chi connectivity index (χ4n) is 3.64. The number of benzene rings is 1. The van der Waals surface area contributed by atoms with E-state index in [0.29, 0.717) is 12.2 Å². The minimum Gasteiger partial charge on any atom is -0.488 e. The van der Waals surface area contributed by atoms with Crippen molar-refractivity contribution in [3.05, 3.63) is 52.2 Å². The second kappa shape index (κ2) is 11.4. The van der Waals surface area contributed by atoms with Crippen LogP contribution in [0.15, 0.2) is 36.5 Å². The van der Waals surface area contributed by atoms with Gasteiger partial charge in [-0.05, 0) is 44.4 Å². The van der Waals surface area contributed by atoms with Crippen LogP contribution >= 0.6 is 0 Å². The Bertz CT molecular complexity index is 955. The lowest BCUT2D eigenvalue weighted by molar-refractivity contribution is -0.384. The van der Waals surface area contributed by atoms with E-state index < -0.39 is 17.0 Å². The first kappa shape index (κ1) is 24.2. The SMILES string of the molecule is CCOC(=O)c1ccc(N2CCCCC2NC[C@H](O)COc2cccc([N+](=O)[O-])c2N)nc1. The van der Waals surface area contributed by atoms with Crippen molar-refractivity contribution in [3.8, 4) is 5.75 Å². The molecule has 4 N–H and O–H groups in total. The molecular formula is C22H29N5O6. The van der Waals surface area contributed by atoms with Gasteiger partial charge in [-0.25, -0.2) is 9.78 Å². The number of nitro groups is 1. The zero-order valence-corrected chi connectivity index (χ0v) is 18.5. The Morgan fingerprint density at radius 3 is 2.91 bits per heavy atom. The molecule has 0 saturated carbocycles. The highest BCUT2D eigenvalue weighted by Crippen LogP contribution is 2.31. The van der Waals surface area contributed by atoms with Crippen LogP contribution in [0.2, 0.25) is 0 Å². The van der Waals surface area contributed by atoms with Gasteiger partial charge in [0.25, 0.3) is 5.69 Å². The number of nitrogens with two attached hydrogens (primary N) is 1. The van der Waals surface area contributed by atoms with Gasteiger partial charge in [-0.3, -0.25) is 15.4 Å². The van der Waals surface area contributed by atoms with E-state index in [1.54, 1.807) is 19.1 Å². The van der Waals surface area contributed by atoms with Crippen LogP contribution in [0.25, 0.3) is 0 Å². The average Bonchev–Trinajstić information content (AvgIpc) is 2.82. The van der Waals surface area contributed by atoms with Gasteiger partial charge < -0.3 is 25.2 Å². The molecule has 33 heavy (non-hydrogen) atoms. The van der Waals surface area contributed by atoms with Crippen molar-refractivity contribution in [2.75, 3.05) is 36.9 Å². The summed E-state index contributed by atoms with van der Waals surface area (Å²) in [6.07, 6.45) is 3.52. The van der Waals surface area contributed by atoms with E-state index >= 15 is 0 Å². The molecule has 2 atom stereocenters. The highest BCUT2D eigenvalue weighted by atomic mass is 16.6. The van der Waals surface area contributed by atoms with E-state index in [9.17, 15) is 20.0 Å². The van der Waals surface area contributed by atoms with Gasteiger partial charge >= 0.3 is 5.97 Å². The highest BCUT2D eigenvalue weighted by molar-refractivity contribution is 5.89. The van der Waals surface area contributed by atoms with Crippen molar-refractivity contribution in [1.29, 1.82) is 0 Å². The van der Waals surface area contributed by atoms with Gasteiger partial charge in [-0.1, -0.05) is 6.07 Å². The number of carbonyl (C=O) groups excluding carboxylic acids is 1. The maximum absolute atomic E-state index is 11.8. The Morgan fingerprint density at radius 2 is 2.21 bits per heavy atom. The van der Waals surface area contributed by atoms with Crippen molar-refractivity contribution in [1.82, 2.24) is 10.3 Å². The summed E-state index contributed by atoms with van der Waals surface area (Å²) in [5.74, 6) is 0.487. The first-order valence-corrected chi connectivity index (χ1v) is 10.9. The number of nitrogens with one attached hydrogen (secondary N) is 1. The normalized spacial score (nSPS) is 16.8. The van der Waals surface area contributed by atoms with Crippen LogP contribution in [-0.2, 0) is 4.74 Å². The molecule has 2 aromatic rings. The second-order valence-electron chi connectivity index (χ2n) is 7.65. The number of hydrogen-bond donors (Lipinski definition) is 3. The van der Waals surface area contributed by atoms with Crippen LogP contribution in [-0.4, -0.2) is 59.6 Å². The lowest BCUT2D eigenvalue weighted by atomic mass is 10.1. The average molecular weight is 460 g/mol. The van der Waals surface area contributed by atoms with E-state index in [1.807, 2.05) is 0 Å². The molecule has 0 amide bonds. The quantitative estimate of drug-likeness (QED) is 0.208. The van der Waals surface area contributed by atoms with Crippen molar-refractivity contribution >= 4 is 23.2 Å². The molecule has 1 saturated heterocycles. The predicted molar refractivity (Wildman–Crippen MR) is 122 cm³/mol. The fourth-order valence-corrected chi connectivity index (χ4v) is 3.64. The fraction of sp³-hybridized carbons (Fsp3) is 0.455. The summed E-state index contributed by atoms with van der Waals surface area (Å²) in [6.45, 7) is 3.02. The molecule has 1 aliphatic heterocycles. The number of pyridine rings is 1. The third kappa shape index (κ3) is 6.30. The standard InChI is InChI=1S/C22H29N5O6/c1-2-32-22(29)15-9-10-20(24-12-15)26-11-4-3-8-19(26)25-13-16(28)14-33-18-7-5-6-17(21(18)23)27(30)31/h5-7,9-10,12,16,19,25,28H,2-4,8,11,13-14,23H2,1H3/t16-,19?/m0/s1. The summed E-state index contributed by atoms with van der Waals surface area (Å²) in [5.41, 5.74) is 5.87. The van der Waals surface area contributed by atoms with Gasteiger partial charge in [-0.2, -0.15) is 0 Å². The van der Waals surface area contributed by atoms with Crippen LogP contribution in [0.5, 0.6) is 5.75 Å². The molecule has 1 unspecified atom stereocenters. The smallest absolute Gasteiger partial charge is 0.339 e. The number of esters is 1. The van der Waals surface area contributed by atoms with Gasteiger partial charge in [0.1, 0.15) is 24.3 Å². The third-order valence-electron chi connectivity index (χ3n) is 5.32. The molecule has 1 aromatic carbocycles. The highest BCUT2D eigenvalue weighted by Gasteiger charge is 2.24. The molecule has 1 aromatic heterocycles.